The highest BCUT2D eigenvalue weighted by Gasteiger charge is 2.33. The Morgan fingerprint density at radius 2 is 1.50 bits per heavy atom. The van der Waals surface area contributed by atoms with Gasteiger partial charge in [0.1, 0.15) is 12.6 Å². The zero-order valence-electron chi connectivity index (χ0n) is 23.9. The van der Waals surface area contributed by atoms with Gasteiger partial charge >= 0.3 is 0 Å². The number of amides is 2. The van der Waals surface area contributed by atoms with E-state index in [1.54, 1.807) is 61.5 Å². The lowest BCUT2D eigenvalue weighted by Gasteiger charge is -2.33. The van der Waals surface area contributed by atoms with Crippen LogP contribution in [-0.4, -0.2) is 43.8 Å². The van der Waals surface area contributed by atoms with Crippen molar-refractivity contribution < 1.29 is 18.0 Å². The number of halogens is 1. The molecule has 0 heterocycles. The number of carbonyl (C=O) groups is 2. The second-order valence-corrected chi connectivity index (χ2v) is 12.6. The van der Waals surface area contributed by atoms with Crippen LogP contribution in [0.15, 0.2) is 71.6 Å². The third-order valence-corrected chi connectivity index (χ3v) is 8.98. The number of carbonyl (C=O) groups excluding carboxylic acids is 2. The van der Waals surface area contributed by atoms with Gasteiger partial charge in [0.25, 0.3) is 10.0 Å². The molecule has 0 bridgehead atoms. The second-order valence-electron chi connectivity index (χ2n) is 10.3. The third kappa shape index (κ3) is 7.64. The van der Waals surface area contributed by atoms with Gasteiger partial charge in [-0.25, -0.2) is 8.42 Å². The van der Waals surface area contributed by atoms with Crippen LogP contribution in [0, 0.1) is 20.8 Å². The number of hydrogen-bond acceptors (Lipinski definition) is 4. The molecule has 7 nitrogen and oxygen atoms in total. The summed E-state index contributed by atoms with van der Waals surface area (Å²) in [6.07, 6.45) is 0.735. The fraction of sp³-hybridized carbons (Fsp3) is 0.355. The van der Waals surface area contributed by atoms with Gasteiger partial charge in [-0.15, -0.1) is 0 Å². The largest absolute Gasteiger partial charge is 0.352 e. The Morgan fingerprint density at radius 1 is 0.900 bits per heavy atom. The number of benzene rings is 3. The first-order chi connectivity index (χ1) is 18.8. The molecule has 1 N–H and O–H groups in total. The number of rotatable bonds is 11. The first-order valence-corrected chi connectivity index (χ1v) is 15.2. The molecule has 0 aromatic heterocycles. The molecule has 3 aromatic rings. The molecule has 2 atom stereocenters. The minimum atomic E-state index is -4.12. The zero-order chi connectivity index (χ0) is 29.6. The molecule has 9 heteroatoms. The fourth-order valence-corrected chi connectivity index (χ4v) is 5.77. The van der Waals surface area contributed by atoms with Gasteiger partial charge in [-0.2, -0.15) is 0 Å². The maximum Gasteiger partial charge on any atom is 0.264 e. The number of nitrogens with zero attached hydrogens (tertiary/aromatic N) is 2. The van der Waals surface area contributed by atoms with E-state index in [1.165, 1.54) is 4.90 Å². The SMILES string of the molecule is CC[C@@H](C)NC(=O)[C@@H](C)N(Cc1ccc(Cl)cc1)C(=O)CN(c1cc(C)ccc1C)S(=O)(=O)c1ccc(C)cc1. The van der Waals surface area contributed by atoms with E-state index < -0.39 is 28.5 Å². The van der Waals surface area contributed by atoms with E-state index in [0.717, 1.165) is 27.4 Å². The van der Waals surface area contributed by atoms with Crippen LogP contribution in [0.5, 0.6) is 0 Å². The van der Waals surface area contributed by atoms with E-state index in [4.69, 9.17) is 11.6 Å². The van der Waals surface area contributed by atoms with Gasteiger partial charge in [0.15, 0.2) is 0 Å². The predicted octanol–water partition coefficient (Wildman–Crippen LogP) is 5.79. The Kier molecular flexibility index (Phi) is 10.4. The quantitative estimate of drug-likeness (QED) is 0.309. The minimum Gasteiger partial charge on any atom is -0.352 e. The summed E-state index contributed by atoms with van der Waals surface area (Å²) in [4.78, 5) is 28.7. The van der Waals surface area contributed by atoms with Crippen molar-refractivity contribution in [1.82, 2.24) is 10.2 Å². The smallest absolute Gasteiger partial charge is 0.264 e. The topological polar surface area (TPSA) is 86.8 Å². The van der Waals surface area contributed by atoms with Crippen LogP contribution in [0.2, 0.25) is 5.02 Å². The van der Waals surface area contributed by atoms with Crippen molar-refractivity contribution in [3.63, 3.8) is 0 Å². The molecule has 0 aliphatic heterocycles. The van der Waals surface area contributed by atoms with Gasteiger partial charge in [0.2, 0.25) is 11.8 Å². The van der Waals surface area contributed by atoms with Crippen LogP contribution in [0.3, 0.4) is 0 Å². The van der Waals surface area contributed by atoms with Crippen LogP contribution in [0.25, 0.3) is 0 Å². The molecule has 0 aliphatic rings. The number of sulfonamides is 1. The minimum absolute atomic E-state index is 0.0733. The van der Waals surface area contributed by atoms with Crippen molar-refractivity contribution in [2.24, 2.45) is 0 Å². The Hall–Kier alpha value is -3.36. The van der Waals surface area contributed by atoms with Crippen molar-refractivity contribution in [1.29, 1.82) is 0 Å². The summed E-state index contributed by atoms with van der Waals surface area (Å²) in [7, 11) is -4.12. The first-order valence-electron chi connectivity index (χ1n) is 13.3. The van der Waals surface area contributed by atoms with Crippen molar-refractivity contribution in [2.45, 2.75) is 71.5 Å². The maximum absolute atomic E-state index is 14.0. The van der Waals surface area contributed by atoms with E-state index >= 15 is 0 Å². The summed E-state index contributed by atoms with van der Waals surface area (Å²) in [5, 5.41) is 3.49. The highest BCUT2D eigenvalue weighted by atomic mass is 35.5. The summed E-state index contributed by atoms with van der Waals surface area (Å²) < 4.78 is 29.2. The van der Waals surface area contributed by atoms with E-state index in [0.29, 0.717) is 16.3 Å². The molecule has 0 radical (unpaired) electrons. The molecule has 0 saturated heterocycles. The normalized spacial score (nSPS) is 12.9. The monoisotopic (exact) mass is 583 g/mol. The fourth-order valence-electron chi connectivity index (χ4n) is 4.17. The first kappa shape index (κ1) is 31.2. The summed E-state index contributed by atoms with van der Waals surface area (Å²) in [5.74, 6) is -0.810. The number of nitrogens with one attached hydrogen (secondary N) is 1. The summed E-state index contributed by atoms with van der Waals surface area (Å²) >= 11 is 6.06. The highest BCUT2D eigenvalue weighted by Crippen LogP contribution is 2.29. The van der Waals surface area contributed by atoms with Crippen molar-refractivity contribution in [3.8, 4) is 0 Å². The van der Waals surface area contributed by atoms with E-state index in [1.807, 2.05) is 46.8 Å². The average Bonchev–Trinajstić information content (AvgIpc) is 2.92. The number of anilines is 1. The molecule has 2 amide bonds. The molecule has 3 rings (SSSR count). The Labute approximate surface area is 243 Å². The average molecular weight is 584 g/mol. The van der Waals surface area contributed by atoms with Gasteiger partial charge < -0.3 is 10.2 Å². The van der Waals surface area contributed by atoms with E-state index in [2.05, 4.69) is 5.32 Å². The van der Waals surface area contributed by atoms with Crippen LogP contribution >= 0.6 is 11.6 Å². The molecule has 0 fully saturated rings. The predicted molar refractivity (Wildman–Crippen MR) is 161 cm³/mol. The van der Waals surface area contributed by atoms with Gasteiger partial charge in [-0.1, -0.05) is 60.5 Å². The van der Waals surface area contributed by atoms with Crippen LogP contribution in [0.4, 0.5) is 5.69 Å². The molecular formula is C31H38ClN3O4S. The summed E-state index contributed by atoms with van der Waals surface area (Å²) in [6.45, 7) is 10.7. The van der Waals surface area contributed by atoms with Crippen molar-refractivity contribution in [2.75, 3.05) is 10.8 Å². The Morgan fingerprint density at radius 3 is 2.10 bits per heavy atom. The lowest BCUT2D eigenvalue weighted by atomic mass is 10.1. The zero-order valence-corrected chi connectivity index (χ0v) is 25.5. The molecule has 40 heavy (non-hydrogen) atoms. The van der Waals surface area contributed by atoms with Gasteiger partial charge in [0, 0.05) is 17.6 Å². The van der Waals surface area contributed by atoms with E-state index in [-0.39, 0.29) is 23.4 Å². The Bertz CT molecular complexity index is 1440. The van der Waals surface area contributed by atoms with Gasteiger partial charge in [-0.05, 0) is 88.1 Å². The van der Waals surface area contributed by atoms with Crippen molar-refractivity contribution >= 4 is 39.1 Å². The third-order valence-electron chi connectivity index (χ3n) is 6.96. The molecule has 3 aromatic carbocycles. The standard InChI is InChI=1S/C31H38ClN3O4S/c1-7-24(5)33-31(37)25(6)34(19-26-12-14-27(32)15-13-26)30(36)20-35(29-18-22(3)8-11-23(29)4)40(38,39)28-16-9-21(2)10-17-28/h8-18,24-25H,7,19-20H2,1-6H3,(H,33,37)/t24-,25-/m1/s1. The maximum atomic E-state index is 14.0. The van der Waals surface area contributed by atoms with Crippen molar-refractivity contribution in [3.05, 3.63) is 94.0 Å². The summed E-state index contributed by atoms with van der Waals surface area (Å²) in [6, 6.07) is 18.1. The molecule has 214 valence electrons. The molecule has 0 aliphatic carbocycles. The molecular weight excluding hydrogens is 546 g/mol. The van der Waals surface area contributed by atoms with Crippen LogP contribution in [0.1, 0.15) is 49.4 Å². The molecule has 0 spiro atoms. The highest BCUT2D eigenvalue weighted by molar-refractivity contribution is 7.92. The van der Waals surface area contributed by atoms with E-state index in [9.17, 15) is 18.0 Å². The lowest BCUT2D eigenvalue weighted by Crippen LogP contribution is -2.52. The summed E-state index contributed by atoms with van der Waals surface area (Å²) in [5.41, 5.74) is 3.67. The number of hydrogen-bond donors (Lipinski definition) is 1. The lowest BCUT2D eigenvalue weighted by molar-refractivity contribution is -0.139. The Balaban J connectivity index is 2.06. The van der Waals surface area contributed by atoms with Gasteiger partial charge in [0.05, 0.1) is 10.6 Å². The van der Waals surface area contributed by atoms with Crippen LogP contribution < -0.4 is 9.62 Å². The molecule has 0 saturated carbocycles. The van der Waals surface area contributed by atoms with Crippen LogP contribution in [-0.2, 0) is 26.2 Å². The second kappa shape index (κ2) is 13.3. The van der Waals surface area contributed by atoms with Gasteiger partial charge in [-0.3, -0.25) is 13.9 Å². The number of aryl methyl sites for hydroxylation is 3. The molecule has 0 unspecified atom stereocenters.